The first-order chi connectivity index (χ1) is 9.62. The van der Waals surface area contributed by atoms with Gasteiger partial charge in [0, 0.05) is 0 Å². The Kier molecular flexibility index (Phi) is 6.07. The molecule has 0 unspecified atom stereocenters. The van der Waals surface area contributed by atoms with Crippen LogP contribution < -0.4 is 15.8 Å². The lowest BCUT2D eigenvalue weighted by Crippen LogP contribution is -2.22. The number of hydrogen-bond donors (Lipinski definition) is 2. The highest BCUT2D eigenvalue weighted by molar-refractivity contribution is 5.95. The predicted molar refractivity (Wildman–Crippen MR) is 74.4 cm³/mol. The van der Waals surface area contributed by atoms with Crippen LogP contribution in [0.1, 0.15) is 17.3 Å². The molecule has 1 aromatic rings. The molecule has 6 heteroatoms. The quantitative estimate of drug-likeness (QED) is 0.591. The van der Waals surface area contributed by atoms with Gasteiger partial charge in [0.15, 0.2) is 6.61 Å². The Morgan fingerprint density at radius 2 is 2.20 bits per heavy atom. The van der Waals surface area contributed by atoms with Gasteiger partial charge < -0.3 is 20.5 Å². The summed E-state index contributed by atoms with van der Waals surface area (Å²) in [4.78, 5) is 23.0. The third-order valence-electron chi connectivity index (χ3n) is 2.26. The number of nitrogens with two attached hydrogens (primary N) is 1. The number of anilines is 1. The minimum Gasteiger partial charge on any atom is -0.492 e. The molecule has 0 spiro atoms. The highest BCUT2D eigenvalue weighted by atomic mass is 16.5. The lowest BCUT2D eigenvalue weighted by molar-refractivity contribution is -0.114. The second-order valence-electron chi connectivity index (χ2n) is 3.68. The molecule has 6 nitrogen and oxygen atoms in total. The van der Waals surface area contributed by atoms with Crippen molar-refractivity contribution in [1.29, 1.82) is 0 Å². The molecule has 0 radical (unpaired) electrons. The molecule has 0 fully saturated rings. The first-order valence-electron chi connectivity index (χ1n) is 5.99. The Bertz CT molecular complexity index is 534. The number of amides is 1. The highest BCUT2D eigenvalue weighted by Crippen LogP contribution is 2.26. The van der Waals surface area contributed by atoms with Crippen molar-refractivity contribution in [2.45, 2.75) is 6.92 Å². The number of nitrogens with one attached hydrogen (secondary N) is 1. The summed E-state index contributed by atoms with van der Waals surface area (Å²) in [6, 6.07) is 4.53. The van der Waals surface area contributed by atoms with E-state index in [-0.39, 0.29) is 24.6 Å². The monoisotopic (exact) mass is 276 g/mol. The second kappa shape index (κ2) is 7.81. The molecule has 0 saturated carbocycles. The molecule has 0 aliphatic heterocycles. The topological polar surface area (TPSA) is 90.7 Å². The third-order valence-corrected chi connectivity index (χ3v) is 2.26. The van der Waals surface area contributed by atoms with Gasteiger partial charge in [-0.05, 0) is 25.1 Å². The SMILES string of the molecule is C#CCOC(=O)c1ccc(NC(=O)CN)c(OCC)c1. The number of esters is 1. The molecule has 1 aromatic carbocycles. The van der Waals surface area contributed by atoms with E-state index in [0.717, 1.165) is 0 Å². The number of rotatable bonds is 6. The van der Waals surface area contributed by atoms with Crippen LogP contribution in [0.5, 0.6) is 5.75 Å². The first kappa shape index (κ1) is 15.5. The maximum atomic E-state index is 11.7. The predicted octanol–water partition coefficient (Wildman–Crippen LogP) is 0.773. The summed E-state index contributed by atoms with van der Waals surface area (Å²) in [5.41, 5.74) is 5.96. The minimum absolute atomic E-state index is 0.103. The van der Waals surface area contributed by atoms with Crippen LogP contribution in [-0.2, 0) is 9.53 Å². The van der Waals surface area contributed by atoms with Crippen LogP contribution in [0.15, 0.2) is 18.2 Å². The molecule has 3 N–H and O–H groups in total. The first-order valence-corrected chi connectivity index (χ1v) is 5.99. The van der Waals surface area contributed by atoms with E-state index in [1.165, 1.54) is 12.1 Å². The summed E-state index contributed by atoms with van der Waals surface area (Å²) in [7, 11) is 0. The van der Waals surface area contributed by atoms with E-state index >= 15 is 0 Å². The van der Waals surface area contributed by atoms with Crippen LogP contribution in [0, 0.1) is 12.3 Å². The molecule has 0 saturated heterocycles. The van der Waals surface area contributed by atoms with Crippen molar-refractivity contribution in [3.63, 3.8) is 0 Å². The minimum atomic E-state index is -0.555. The summed E-state index contributed by atoms with van der Waals surface area (Å²) in [5, 5.41) is 2.58. The van der Waals surface area contributed by atoms with Crippen LogP contribution in [0.4, 0.5) is 5.69 Å². The van der Waals surface area contributed by atoms with Crippen molar-refractivity contribution in [3.05, 3.63) is 23.8 Å². The summed E-state index contributed by atoms with van der Waals surface area (Å²) in [5.74, 6) is 1.67. The van der Waals surface area contributed by atoms with E-state index in [1.807, 2.05) is 0 Å². The lowest BCUT2D eigenvalue weighted by Gasteiger charge is -2.12. The van der Waals surface area contributed by atoms with Gasteiger partial charge in [-0.25, -0.2) is 4.79 Å². The van der Waals surface area contributed by atoms with E-state index < -0.39 is 5.97 Å². The van der Waals surface area contributed by atoms with Crippen molar-refractivity contribution < 1.29 is 19.1 Å². The second-order valence-corrected chi connectivity index (χ2v) is 3.68. The molecule has 20 heavy (non-hydrogen) atoms. The summed E-state index contributed by atoms with van der Waals surface area (Å²) >= 11 is 0. The molecule has 0 aromatic heterocycles. The van der Waals surface area contributed by atoms with Crippen molar-refractivity contribution >= 4 is 17.6 Å². The van der Waals surface area contributed by atoms with Gasteiger partial charge in [0.2, 0.25) is 5.91 Å². The van der Waals surface area contributed by atoms with Gasteiger partial charge in [-0.1, -0.05) is 5.92 Å². The Labute approximate surface area is 117 Å². The summed E-state index contributed by atoms with van der Waals surface area (Å²) in [6.45, 7) is 1.93. The van der Waals surface area contributed by atoms with Crippen LogP contribution >= 0.6 is 0 Å². The smallest absolute Gasteiger partial charge is 0.339 e. The average molecular weight is 276 g/mol. The number of terminal acetylenes is 1. The molecular formula is C14H16N2O4. The van der Waals surface area contributed by atoms with E-state index in [1.54, 1.807) is 13.0 Å². The Balaban J connectivity index is 2.97. The van der Waals surface area contributed by atoms with Gasteiger partial charge in [0.1, 0.15) is 5.75 Å². The fraction of sp³-hybridized carbons (Fsp3) is 0.286. The Hall–Kier alpha value is -2.52. The van der Waals surface area contributed by atoms with Crippen LogP contribution in [0.2, 0.25) is 0 Å². The standard InChI is InChI=1S/C14H16N2O4/c1-3-7-20-14(18)10-5-6-11(16-13(17)9-15)12(8-10)19-4-2/h1,5-6,8H,4,7,9,15H2,2H3,(H,16,17). The number of benzene rings is 1. The Morgan fingerprint density at radius 3 is 2.80 bits per heavy atom. The molecule has 1 rings (SSSR count). The molecule has 0 aliphatic carbocycles. The largest absolute Gasteiger partial charge is 0.492 e. The fourth-order valence-electron chi connectivity index (χ4n) is 1.42. The number of carbonyl (C=O) groups excluding carboxylic acids is 2. The van der Waals surface area contributed by atoms with Gasteiger partial charge in [-0.3, -0.25) is 4.79 Å². The zero-order valence-electron chi connectivity index (χ0n) is 11.1. The lowest BCUT2D eigenvalue weighted by atomic mass is 10.2. The van der Waals surface area contributed by atoms with Gasteiger partial charge in [-0.15, -0.1) is 6.42 Å². The van der Waals surface area contributed by atoms with Gasteiger partial charge >= 0.3 is 5.97 Å². The summed E-state index contributed by atoms with van der Waals surface area (Å²) in [6.07, 6.45) is 5.02. The summed E-state index contributed by atoms with van der Waals surface area (Å²) < 4.78 is 10.2. The molecular weight excluding hydrogens is 260 g/mol. The van der Waals surface area contributed by atoms with Crippen molar-refractivity contribution in [3.8, 4) is 18.1 Å². The van der Waals surface area contributed by atoms with Crippen LogP contribution in [-0.4, -0.2) is 31.6 Å². The Morgan fingerprint density at radius 1 is 1.45 bits per heavy atom. The van der Waals surface area contributed by atoms with E-state index in [2.05, 4.69) is 11.2 Å². The maximum absolute atomic E-state index is 11.7. The van der Waals surface area contributed by atoms with E-state index in [0.29, 0.717) is 18.0 Å². The van der Waals surface area contributed by atoms with Crippen molar-refractivity contribution in [2.75, 3.05) is 25.1 Å². The van der Waals surface area contributed by atoms with Gasteiger partial charge in [0.05, 0.1) is 24.4 Å². The number of ether oxygens (including phenoxy) is 2. The van der Waals surface area contributed by atoms with Gasteiger partial charge in [0.25, 0.3) is 0 Å². The molecule has 0 atom stereocenters. The van der Waals surface area contributed by atoms with Crippen LogP contribution in [0.3, 0.4) is 0 Å². The molecule has 0 heterocycles. The zero-order chi connectivity index (χ0) is 15.0. The van der Waals surface area contributed by atoms with E-state index in [4.69, 9.17) is 21.6 Å². The highest BCUT2D eigenvalue weighted by Gasteiger charge is 2.12. The normalized spacial score (nSPS) is 9.45. The average Bonchev–Trinajstić information content (AvgIpc) is 2.46. The maximum Gasteiger partial charge on any atom is 0.339 e. The van der Waals surface area contributed by atoms with Crippen molar-refractivity contribution in [2.24, 2.45) is 5.73 Å². The number of hydrogen-bond acceptors (Lipinski definition) is 5. The fourth-order valence-corrected chi connectivity index (χ4v) is 1.42. The number of carbonyl (C=O) groups is 2. The molecule has 0 bridgehead atoms. The van der Waals surface area contributed by atoms with Crippen LogP contribution in [0.25, 0.3) is 0 Å². The van der Waals surface area contributed by atoms with Crippen molar-refractivity contribution in [1.82, 2.24) is 0 Å². The van der Waals surface area contributed by atoms with E-state index in [9.17, 15) is 9.59 Å². The molecule has 106 valence electrons. The molecule has 0 aliphatic rings. The zero-order valence-corrected chi connectivity index (χ0v) is 11.1. The third kappa shape index (κ3) is 4.30. The van der Waals surface area contributed by atoms with Gasteiger partial charge in [-0.2, -0.15) is 0 Å². The molecule has 1 amide bonds.